The summed E-state index contributed by atoms with van der Waals surface area (Å²) in [5.74, 6) is 3.34. The van der Waals surface area contributed by atoms with Crippen molar-refractivity contribution in [2.45, 2.75) is 12.3 Å². The largest absolute Gasteiger partial charge is 0.493 e. The zero-order chi connectivity index (χ0) is 25.6. The molecule has 2 aromatic heterocycles. The number of benzene rings is 4. The Morgan fingerprint density at radius 3 is 2.53 bits per heavy atom. The van der Waals surface area contributed by atoms with E-state index in [0.717, 1.165) is 44.4 Å². The zero-order valence-corrected chi connectivity index (χ0v) is 21.0. The molecule has 38 heavy (non-hydrogen) atoms. The van der Waals surface area contributed by atoms with Crippen LogP contribution >= 0.6 is 0 Å². The van der Waals surface area contributed by atoms with Gasteiger partial charge in [0.15, 0.2) is 23.0 Å². The van der Waals surface area contributed by atoms with Crippen LogP contribution in [0.5, 0.6) is 23.1 Å². The van der Waals surface area contributed by atoms with E-state index in [-0.39, 0.29) is 5.92 Å². The van der Waals surface area contributed by atoms with Crippen molar-refractivity contribution in [3.63, 3.8) is 0 Å². The van der Waals surface area contributed by atoms with Crippen molar-refractivity contribution >= 4 is 16.4 Å². The highest BCUT2D eigenvalue weighted by Gasteiger charge is 2.34. The molecule has 0 radical (unpaired) electrons. The number of hydrogen-bond donors (Lipinski definition) is 0. The van der Waals surface area contributed by atoms with Crippen LogP contribution < -0.4 is 14.2 Å². The van der Waals surface area contributed by atoms with Crippen LogP contribution in [0.25, 0.3) is 16.4 Å². The van der Waals surface area contributed by atoms with E-state index in [4.69, 9.17) is 29.3 Å². The lowest BCUT2D eigenvalue weighted by atomic mass is 9.83. The van der Waals surface area contributed by atoms with Crippen LogP contribution in [0, 0.1) is 0 Å². The van der Waals surface area contributed by atoms with Crippen molar-refractivity contribution in [3.8, 4) is 23.1 Å². The monoisotopic (exact) mass is 500 g/mol. The molecule has 0 amide bonds. The van der Waals surface area contributed by atoms with Crippen LogP contribution in [0.1, 0.15) is 34.0 Å². The third kappa shape index (κ3) is 3.55. The number of nitrogens with zero attached hydrogens (tertiary/aromatic N) is 4. The fourth-order valence-electron chi connectivity index (χ4n) is 5.33. The molecule has 3 heterocycles. The molecule has 0 spiro atoms. The number of aromatic nitrogens is 4. The van der Waals surface area contributed by atoms with Gasteiger partial charge in [0.2, 0.25) is 5.88 Å². The van der Waals surface area contributed by atoms with Gasteiger partial charge in [0.05, 0.1) is 19.8 Å². The SMILES string of the molecule is COc1ccc(Cc2nc3c4c(ncn3n2)Oc2c(ccc3ccccc23)[C@H]4c2ccccc2)cc1OC. The van der Waals surface area contributed by atoms with Gasteiger partial charge in [-0.15, -0.1) is 5.10 Å². The molecule has 0 saturated heterocycles. The summed E-state index contributed by atoms with van der Waals surface area (Å²) < 4.78 is 19.1. The van der Waals surface area contributed by atoms with Gasteiger partial charge in [-0.3, -0.25) is 0 Å². The van der Waals surface area contributed by atoms with Gasteiger partial charge in [0.1, 0.15) is 12.1 Å². The minimum absolute atomic E-state index is 0.103. The van der Waals surface area contributed by atoms with Crippen LogP contribution in [0.4, 0.5) is 0 Å². The van der Waals surface area contributed by atoms with Gasteiger partial charge >= 0.3 is 0 Å². The standard InChI is InChI=1S/C31H24N4O3/c1-36-24-15-12-19(16-25(24)37-2)17-26-33-30-28-27(21-9-4-3-5-10-21)23-14-13-20-8-6-7-11-22(20)29(23)38-31(28)32-18-35(30)34-26/h3-16,18,27H,17H2,1-2H3/t27-/m1/s1. The third-order valence-corrected chi connectivity index (χ3v) is 7.08. The molecule has 0 unspecified atom stereocenters. The number of methoxy groups -OCH3 is 2. The third-order valence-electron chi connectivity index (χ3n) is 7.08. The lowest BCUT2D eigenvalue weighted by Gasteiger charge is -2.28. The zero-order valence-electron chi connectivity index (χ0n) is 21.0. The van der Waals surface area contributed by atoms with E-state index in [0.29, 0.717) is 29.6 Å². The fraction of sp³-hybridized carbons (Fsp3) is 0.129. The van der Waals surface area contributed by atoms with Gasteiger partial charge in [0, 0.05) is 23.3 Å². The average molecular weight is 501 g/mol. The first-order valence-electron chi connectivity index (χ1n) is 12.4. The molecule has 0 saturated carbocycles. The molecule has 1 aliphatic heterocycles. The van der Waals surface area contributed by atoms with Crippen molar-refractivity contribution < 1.29 is 14.2 Å². The van der Waals surface area contributed by atoms with Gasteiger partial charge in [-0.2, -0.15) is 0 Å². The first kappa shape index (κ1) is 22.3. The molecule has 0 N–H and O–H groups in total. The summed E-state index contributed by atoms with van der Waals surface area (Å²) in [6.07, 6.45) is 2.21. The average Bonchev–Trinajstić information content (AvgIpc) is 3.39. The molecule has 0 aliphatic carbocycles. The van der Waals surface area contributed by atoms with Crippen molar-refractivity contribution in [3.05, 3.63) is 119 Å². The summed E-state index contributed by atoms with van der Waals surface area (Å²) in [6.45, 7) is 0. The predicted octanol–water partition coefficient (Wildman–Crippen LogP) is 6.17. The smallest absolute Gasteiger partial charge is 0.228 e. The number of ether oxygens (including phenoxy) is 3. The molecule has 1 aliphatic rings. The molecule has 7 nitrogen and oxygen atoms in total. The van der Waals surface area contributed by atoms with Crippen molar-refractivity contribution in [2.75, 3.05) is 14.2 Å². The Morgan fingerprint density at radius 1 is 0.868 bits per heavy atom. The maximum atomic E-state index is 6.51. The van der Waals surface area contributed by atoms with Crippen LogP contribution in [0.2, 0.25) is 0 Å². The van der Waals surface area contributed by atoms with Crippen LogP contribution in [0.15, 0.2) is 91.3 Å². The van der Waals surface area contributed by atoms with E-state index in [1.807, 2.05) is 36.4 Å². The van der Waals surface area contributed by atoms with E-state index in [2.05, 4.69) is 48.5 Å². The van der Waals surface area contributed by atoms with Crippen LogP contribution in [-0.4, -0.2) is 33.8 Å². The Balaban J connectivity index is 1.39. The molecule has 4 aromatic carbocycles. The lowest BCUT2D eigenvalue weighted by Crippen LogP contribution is -2.15. The summed E-state index contributed by atoms with van der Waals surface area (Å²) in [4.78, 5) is 9.69. The normalized spacial score (nSPS) is 14.1. The van der Waals surface area contributed by atoms with Gasteiger partial charge in [-0.05, 0) is 28.6 Å². The topological polar surface area (TPSA) is 70.8 Å². The Kier molecular flexibility index (Phi) is 5.21. The Hall–Kier alpha value is -4.91. The molecule has 7 heteroatoms. The van der Waals surface area contributed by atoms with E-state index in [1.165, 1.54) is 0 Å². The second-order valence-corrected chi connectivity index (χ2v) is 9.28. The highest BCUT2D eigenvalue weighted by atomic mass is 16.5. The highest BCUT2D eigenvalue weighted by Crippen LogP contribution is 2.50. The molecule has 7 rings (SSSR count). The van der Waals surface area contributed by atoms with Crippen molar-refractivity contribution in [1.29, 1.82) is 0 Å². The highest BCUT2D eigenvalue weighted by molar-refractivity contribution is 5.91. The maximum absolute atomic E-state index is 6.51. The summed E-state index contributed by atoms with van der Waals surface area (Å²) in [5, 5.41) is 6.95. The Labute approximate surface area is 219 Å². The Morgan fingerprint density at radius 2 is 1.68 bits per heavy atom. The Bertz CT molecular complexity index is 1810. The summed E-state index contributed by atoms with van der Waals surface area (Å²) in [6, 6.07) is 28.9. The van der Waals surface area contributed by atoms with E-state index >= 15 is 0 Å². The van der Waals surface area contributed by atoms with E-state index in [1.54, 1.807) is 25.1 Å². The second kappa shape index (κ2) is 8.88. The van der Waals surface area contributed by atoms with Gasteiger partial charge in [-0.25, -0.2) is 14.5 Å². The fourth-order valence-corrected chi connectivity index (χ4v) is 5.33. The van der Waals surface area contributed by atoms with E-state index < -0.39 is 0 Å². The second-order valence-electron chi connectivity index (χ2n) is 9.28. The molecule has 186 valence electrons. The minimum Gasteiger partial charge on any atom is -0.493 e. The van der Waals surface area contributed by atoms with Crippen molar-refractivity contribution in [2.24, 2.45) is 0 Å². The lowest BCUT2D eigenvalue weighted by molar-refractivity contribution is 0.354. The maximum Gasteiger partial charge on any atom is 0.228 e. The minimum atomic E-state index is -0.103. The number of rotatable bonds is 5. The van der Waals surface area contributed by atoms with Gasteiger partial charge < -0.3 is 14.2 Å². The van der Waals surface area contributed by atoms with Crippen molar-refractivity contribution in [1.82, 2.24) is 19.6 Å². The predicted molar refractivity (Wildman–Crippen MR) is 145 cm³/mol. The van der Waals surface area contributed by atoms with Crippen LogP contribution in [-0.2, 0) is 6.42 Å². The molecular formula is C31H24N4O3. The number of fused-ring (bicyclic) bond motifs is 6. The molecule has 1 atom stereocenters. The van der Waals surface area contributed by atoms with Gasteiger partial charge in [-0.1, -0.05) is 72.8 Å². The first-order valence-corrected chi connectivity index (χ1v) is 12.4. The molecule has 0 fully saturated rings. The molecular weight excluding hydrogens is 476 g/mol. The van der Waals surface area contributed by atoms with E-state index in [9.17, 15) is 0 Å². The summed E-state index contributed by atoms with van der Waals surface area (Å²) in [5.41, 5.74) is 4.90. The van der Waals surface area contributed by atoms with Gasteiger partial charge in [0.25, 0.3) is 0 Å². The van der Waals surface area contributed by atoms with Crippen LogP contribution in [0.3, 0.4) is 0 Å². The summed E-state index contributed by atoms with van der Waals surface area (Å²) in [7, 11) is 3.26. The number of hydrogen-bond acceptors (Lipinski definition) is 6. The quantitative estimate of drug-likeness (QED) is 0.281. The molecule has 0 bridgehead atoms. The first-order chi connectivity index (χ1) is 18.7. The molecule has 6 aromatic rings. The summed E-state index contributed by atoms with van der Waals surface area (Å²) >= 11 is 0.